The van der Waals surface area contributed by atoms with Crippen molar-refractivity contribution in [3.8, 4) is 22.8 Å². The average molecular weight is 425 g/mol. The van der Waals surface area contributed by atoms with E-state index in [9.17, 15) is 13.2 Å². The van der Waals surface area contributed by atoms with E-state index >= 15 is 0 Å². The molecule has 0 aliphatic carbocycles. The molecule has 0 bridgehead atoms. The molecule has 2 aromatic carbocycles. The smallest absolute Gasteiger partial charge is 0.246 e. The zero-order valence-corrected chi connectivity index (χ0v) is 16.7. The van der Waals surface area contributed by atoms with Gasteiger partial charge >= 0.3 is 0 Å². The fourth-order valence-electron chi connectivity index (χ4n) is 2.47. The minimum atomic E-state index is -3.58. The summed E-state index contributed by atoms with van der Waals surface area (Å²) in [7, 11) is -3.58. The Morgan fingerprint density at radius 2 is 1.63 bits per heavy atom. The quantitative estimate of drug-likeness (QED) is 0.580. The Morgan fingerprint density at radius 3 is 2.26 bits per heavy atom. The molecular formula is C19H14Cl2O5S. The highest BCUT2D eigenvalue weighted by Gasteiger charge is 2.24. The molecule has 1 aromatic heterocycles. The second kappa shape index (κ2) is 7.38. The van der Waals surface area contributed by atoms with Crippen LogP contribution in [0.3, 0.4) is 0 Å². The molecule has 5 nitrogen and oxygen atoms in total. The summed E-state index contributed by atoms with van der Waals surface area (Å²) in [5, 5.41) is 0.360. The molecule has 0 radical (unpaired) electrons. The Morgan fingerprint density at radius 1 is 1.00 bits per heavy atom. The van der Waals surface area contributed by atoms with Crippen molar-refractivity contribution in [1.82, 2.24) is 0 Å². The molecule has 0 unspecified atom stereocenters. The van der Waals surface area contributed by atoms with Gasteiger partial charge in [0.05, 0.1) is 4.90 Å². The number of benzene rings is 2. The lowest BCUT2D eigenvalue weighted by Gasteiger charge is -2.14. The zero-order valence-electron chi connectivity index (χ0n) is 14.3. The van der Waals surface area contributed by atoms with Crippen LogP contribution in [0.15, 0.2) is 62.6 Å². The summed E-state index contributed by atoms with van der Waals surface area (Å²) in [6, 6.07) is 12.5. The summed E-state index contributed by atoms with van der Waals surface area (Å²) >= 11 is 11.9. The number of ether oxygens (including phenoxy) is 1. The maximum absolute atomic E-state index is 12.7. The largest absolute Gasteiger partial charge is 0.456 e. The molecule has 0 saturated carbocycles. The summed E-state index contributed by atoms with van der Waals surface area (Å²) in [4.78, 5) is 12.7. The van der Waals surface area contributed by atoms with Crippen molar-refractivity contribution in [2.75, 3.05) is 6.26 Å². The molecule has 0 saturated heterocycles. The van der Waals surface area contributed by atoms with Gasteiger partial charge < -0.3 is 9.15 Å². The van der Waals surface area contributed by atoms with E-state index in [0.29, 0.717) is 10.8 Å². The van der Waals surface area contributed by atoms with Gasteiger partial charge in [0.2, 0.25) is 11.2 Å². The second-order valence-corrected chi connectivity index (χ2v) is 8.58. The Hall–Kier alpha value is -2.28. The van der Waals surface area contributed by atoms with Crippen LogP contribution in [0.4, 0.5) is 0 Å². The zero-order chi connectivity index (χ0) is 19.8. The van der Waals surface area contributed by atoms with Crippen LogP contribution in [0.1, 0.15) is 5.76 Å². The molecule has 27 heavy (non-hydrogen) atoms. The van der Waals surface area contributed by atoms with Crippen LogP contribution in [0.5, 0.6) is 11.5 Å². The lowest BCUT2D eigenvalue weighted by molar-refractivity contribution is 0.438. The van der Waals surface area contributed by atoms with Gasteiger partial charge in [-0.3, -0.25) is 4.79 Å². The second-order valence-electron chi connectivity index (χ2n) is 5.78. The molecule has 0 N–H and O–H groups in total. The third kappa shape index (κ3) is 4.03. The van der Waals surface area contributed by atoms with E-state index in [4.69, 9.17) is 32.4 Å². The molecule has 140 valence electrons. The van der Waals surface area contributed by atoms with Gasteiger partial charge in [-0.25, -0.2) is 8.42 Å². The van der Waals surface area contributed by atoms with E-state index in [2.05, 4.69) is 0 Å². The van der Waals surface area contributed by atoms with Crippen molar-refractivity contribution in [2.24, 2.45) is 0 Å². The Kier molecular flexibility index (Phi) is 5.33. The summed E-state index contributed by atoms with van der Waals surface area (Å²) in [5.74, 6) is 0.259. The van der Waals surface area contributed by atoms with Gasteiger partial charge in [0.1, 0.15) is 16.5 Å². The van der Waals surface area contributed by atoms with Gasteiger partial charge in [-0.05, 0) is 43.3 Å². The maximum Gasteiger partial charge on any atom is 0.246 e. The van der Waals surface area contributed by atoms with Gasteiger partial charge in [-0.15, -0.1) is 0 Å². The molecule has 3 aromatic rings. The van der Waals surface area contributed by atoms with E-state index < -0.39 is 15.3 Å². The third-order valence-electron chi connectivity index (χ3n) is 3.74. The fraction of sp³-hybridized carbons (Fsp3) is 0.105. The third-order valence-corrected chi connectivity index (χ3v) is 5.59. The molecule has 1 heterocycles. The first-order valence-corrected chi connectivity index (χ1v) is 10.4. The number of hydrogen-bond acceptors (Lipinski definition) is 5. The number of aryl methyl sites for hydroxylation is 1. The Labute approximate surface area is 166 Å². The highest BCUT2D eigenvalue weighted by atomic mass is 35.5. The minimum Gasteiger partial charge on any atom is -0.456 e. The summed E-state index contributed by atoms with van der Waals surface area (Å²) in [6.07, 6.45) is 1.08. The standard InChI is InChI=1S/C19H14Cl2O5S/c1-11-16(21)17(22)19(26-13-9-7-12(20)8-10-13)18(25-11)14-5-3-4-6-15(14)27(2,23)24/h3-10H,1-2H3. The molecule has 0 aliphatic heterocycles. The minimum absolute atomic E-state index is 0.0100. The van der Waals surface area contributed by atoms with Crippen molar-refractivity contribution < 1.29 is 17.6 Å². The lowest BCUT2D eigenvalue weighted by atomic mass is 10.1. The number of hydrogen-bond donors (Lipinski definition) is 0. The normalized spacial score (nSPS) is 11.4. The van der Waals surface area contributed by atoms with Gasteiger partial charge in [-0.2, -0.15) is 0 Å². The van der Waals surface area contributed by atoms with Crippen LogP contribution >= 0.6 is 23.2 Å². The van der Waals surface area contributed by atoms with E-state index in [-0.39, 0.29) is 32.8 Å². The highest BCUT2D eigenvalue weighted by Crippen LogP contribution is 2.37. The Bertz CT molecular complexity index is 1170. The van der Waals surface area contributed by atoms with E-state index in [1.165, 1.54) is 19.1 Å². The molecule has 0 fully saturated rings. The number of rotatable bonds is 4. The summed E-state index contributed by atoms with van der Waals surface area (Å²) in [5.41, 5.74) is -0.394. The maximum atomic E-state index is 12.7. The lowest BCUT2D eigenvalue weighted by Crippen LogP contribution is -2.10. The molecule has 0 amide bonds. The van der Waals surface area contributed by atoms with Crippen molar-refractivity contribution in [2.45, 2.75) is 11.8 Å². The Balaban J connectivity index is 2.28. The van der Waals surface area contributed by atoms with E-state index in [1.807, 2.05) is 0 Å². The SMILES string of the molecule is Cc1oc(-c2ccccc2S(C)(=O)=O)c(Oc2ccc(Cl)cc2)c(=O)c1Cl. The molecule has 0 aliphatic rings. The van der Waals surface area contributed by atoms with E-state index in [1.54, 1.807) is 36.4 Å². The van der Waals surface area contributed by atoms with Gasteiger partial charge in [0, 0.05) is 16.8 Å². The predicted octanol–water partition coefficient (Wildman–Crippen LogP) is 5.12. The van der Waals surface area contributed by atoms with Crippen molar-refractivity contribution in [3.63, 3.8) is 0 Å². The van der Waals surface area contributed by atoms with Gasteiger partial charge in [-0.1, -0.05) is 35.3 Å². The first-order chi connectivity index (χ1) is 12.7. The molecule has 0 spiro atoms. The number of sulfone groups is 1. The van der Waals surface area contributed by atoms with Crippen molar-refractivity contribution in [1.29, 1.82) is 0 Å². The molecule has 8 heteroatoms. The van der Waals surface area contributed by atoms with Crippen LogP contribution < -0.4 is 10.2 Å². The average Bonchev–Trinajstić information content (AvgIpc) is 2.63. The molecular weight excluding hydrogens is 411 g/mol. The van der Waals surface area contributed by atoms with Crippen molar-refractivity contribution >= 4 is 33.0 Å². The first-order valence-electron chi connectivity index (χ1n) is 7.74. The van der Waals surface area contributed by atoms with Crippen LogP contribution in [0, 0.1) is 6.92 Å². The van der Waals surface area contributed by atoms with Crippen LogP contribution in [0.2, 0.25) is 10.0 Å². The summed E-state index contributed by atoms with van der Waals surface area (Å²) < 4.78 is 35.7. The predicted molar refractivity (Wildman–Crippen MR) is 105 cm³/mol. The topological polar surface area (TPSA) is 73.6 Å². The molecule has 3 rings (SSSR count). The van der Waals surface area contributed by atoms with Crippen LogP contribution in [-0.4, -0.2) is 14.7 Å². The van der Waals surface area contributed by atoms with Crippen LogP contribution in [-0.2, 0) is 9.84 Å². The molecule has 0 atom stereocenters. The van der Waals surface area contributed by atoms with Gasteiger partial charge in [0.25, 0.3) is 0 Å². The number of halogens is 2. The highest BCUT2D eigenvalue weighted by molar-refractivity contribution is 7.90. The van der Waals surface area contributed by atoms with E-state index in [0.717, 1.165) is 6.26 Å². The fourth-order valence-corrected chi connectivity index (χ4v) is 3.61. The van der Waals surface area contributed by atoms with Crippen LogP contribution in [0.25, 0.3) is 11.3 Å². The summed E-state index contributed by atoms with van der Waals surface area (Å²) in [6.45, 7) is 1.52. The monoisotopic (exact) mass is 424 g/mol. The van der Waals surface area contributed by atoms with Gasteiger partial charge in [0.15, 0.2) is 15.6 Å². The van der Waals surface area contributed by atoms with Crippen molar-refractivity contribution in [3.05, 3.63) is 74.6 Å². The first kappa shape index (κ1) is 19.5.